The van der Waals surface area contributed by atoms with E-state index in [1.165, 1.54) is 0 Å². The molecular formula is C11H10O. The van der Waals surface area contributed by atoms with Gasteiger partial charge in [0, 0.05) is 0 Å². The molecule has 1 aliphatic rings. The molecule has 12 heavy (non-hydrogen) atoms. The summed E-state index contributed by atoms with van der Waals surface area (Å²) < 4.78 is 0. The zero-order valence-corrected chi connectivity index (χ0v) is 6.79. The number of hydrogen-bond donors (Lipinski definition) is 0. The number of hydrogen-bond acceptors (Lipinski definition) is 1. The topological polar surface area (TPSA) is 17.1 Å². The predicted molar refractivity (Wildman–Crippen MR) is 47.9 cm³/mol. The summed E-state index contributed by atoms with van der Waals surface area (Å²) in [6, 6.07) is 9.87. The monoisotopic (exact) mass is 158 g/mol. The summed E-state index contributed by atoms with van der Waals surface area (Å²) in [6.45, 7) is 3.67. The molecule has 1 nitrogen and oxygen atoms in total. The molecule has 1 unspecified atom stereocenters. The fraction of sp³-hybridized carbons (Fsp3) is 0.182. The average molecular weight is 158 g/mol. The SMILES string of the molecule is C=C1CC(c2ccccc2)C1=O. The summed E-state index contributed by atoms with van der Waals surface area (Å²) in [7, 11) is 0. The highest BCUT2D eigenvalue weighted by molar-refractivity contribution is 6.06. The molecule has 0 heterocycles. The Hall–Kier alpha value is -1.37. The first-order valence-corrected chi connectivity index (χ1v) is 4.06. The van der Waals surface area contributed by atoms with Crippen LogP contribution < -0.4 is 0 Å². The first-order valence-electron chi connectivity index (χ1n) is 4.06. The lowest BCUT2D eigenvalue weighted by Crippen LogP contribution is -2.25. The van der Waals surface area contributed by atoms with Crippen molar-refractivity contribution in [2.45, 2.75) is 12.3 Å². The largest absolute Gasteiger partial charge is 0.294 e. The lowest BCUT2D eigenvalue weighted by Gasteiger charge is -2.26. The van der Waals surface area contributed by atoms with Gasteiger partial charge in [0.2, 0.25) is 0 Å². The summed E-state index contributed by atoms with van der Waals surface area (Å²) in [5, 5.41) is 0. The molecule has 0 aliphatic heterocycles. The van der Waals surface area contributed by atoms with Gasteiger partial charge in [0.25, 0.3) is 0 Å². The second kappa shape index (κ2) is 2.59. The molecule has 1 aliphatic carbocycles. The Kier molecular flexibility index (Phi) is 1.58. The molecule has 1 fully saturated rings. The minimum Gasteiger partial charge on any atom is -0.294 e. The van der Waals surface area contributed by atoms with Gasteiger partial charge in [-0.05, 0) is 17.6 Å². The lowest BCUT2D eigenvalue weighted by atomic mass is 9.75. The Bertz CT molecular complexity index is 324. The Labute approximate surface area is 71.7 Å². The minimum atomic E-state index is 0.0960. The fourth-order valence-electron chi connectivity index (χ4n) is 1.51. The predicted octanol–water partition coefficient (Wildman–Crippen LogP) is 2.30. The van der Waals surface area contributed by atoms with Crippen LogP contribution in [0.25, 0.3) is 0 Å². The van der Waals surface area contributed by atoms with E-state index in [0.717, 1.165) is 17.6 Å². The van der Waals surface area contributed by atoms with Crippen molar-refractivity contribution in [1.82, 2.24) is 0 Å². The van der Waals surface area contributed by atoms with Gasteiger partial charge in [-0.15, -0.1) is 0 Å². The molecule has 2 rings (SSSR count). The van der Waals surface area contributed by atoms with Crippen molar-refractivity contribution in [3.63, 3.8) is 0 Å². The van der Waals surface area contributed by atoms with E-state index in [2.05, 4.69) is 6.58 Å². The van der Waals surface area contributed by atoms with E-state index in [-0.39, 0.29) is 11.7 Å². The molecule has 1 aromatic carbocycles. The van der Waals surface area contributed by atoms with E-state index in [4.69, 9.17) is 0 Å². The number of carbonyl (C=O) groups excluding carboxylic acids is 1. The van der Waals surface area contributed by atoms with Crippen LogP contribution in [-0.2, 0) is 4.79 Å². The molecule has 0 spiro atoms. The van der Waals surface area contributed by atoms with Crippen molar-refractivity contribution in [3.8, 4) is 0 Å². The lowest BCUT2D eigenvalue weighted by molar-refractivity contribution is -0.120. The normalized spacial score (nSPS) is 22.2. The molecule has 60 valence electrons. The molecule has 1 heteroatoms. The van der Waals surface area contributed by atoms with Crippen molar-refractivity contribution in [2.75, 3.05) is 0 Å². The number of ketones is 1. The molecule has 0 aromatic heterocycles. The second-order valence-corrected chi connectivity index (χ2v) is 3.14. The molecule has 0 N–H and O–H groups in total. The van der Waals surface area contributed by atoms with Gasteiger partial charge < -0.3 is 0 Å². The highest BCUT2D eigenvalue weighted by Gasteiger charge is 2.33. The number of carbonyl (C=O) groups is 1. The highest BCUT2D eigenvalue weighted by atomic mass is 16.1. The van der Waals surface area contributed by atoms with Gasteiger partial charge in [-0.3, -0.25) is 4.79 Å². The summed E-state index contributed by atoms with van der Waals surface area (Å²) in [4.78, 5) is 11.3. The van der Waals surface area contributed by atoms with E-state index in [9.17, 15) is 4.79 Å². The van der Waals surface area contributed by atoms with Gasteiger partial charge in [-0.1, -0.05) is 36.9 Å². The van der Waals surface area contributed by atoms with E-state index < -0.39 is 0 Å². The third-order valence-electron chi connectivity index (χ3n) is 2.32. The fourth-order valence-corrected chi connectivity index (χ4v) is 1.51. The third-order valence-corrected chi connectivity index (χ3v) is 2.32. The maximum Gasteiger partial charge on any atom is 0.166 e. The number of benzene rings is 1. The van der Waals surface area contributed by atoms with Crippen molar-refractivity contribution in [1.29, 1.82) is 0 Å². The van der Waals surface area contributed by atoms with Gasteiger partial charge in [0.1, 0.15) is 0 Å². The number of Topliss-reactive ketones (excluding diaryl/α,β-unsaturated/α-hetero) is 1. The number of rotatable bonds is 1. The summed E-state index contributed by atoms with van der Waals surface area (Å²) in [5.41, 5.74) is 1.89. The first kappa shape index (κ1) is 7.29. The maximum atomic E-state index is 11.3. The smallest absolute Gasteiger partial charge is 0.166 e. The average Bonchev–Trinajstić information content (AvgIpc) is 2.15. The highest BCUT2D eigenvalue weighted by Crippen LogP contribution is 2.35. The van der Waals surface area contributed by atoms with Crippen molar-refractivity contribution in [3.05, 3.63) is 48.0 Å². The second-order valence-electron chi connectivity index (χ2n) is 3.14. The maximum absolute atomic E-state index is 11.3. The molecule has 0 bridgehead atoms. The zero-order chi connectivity index (χ0) is 8.55. The zero-order valence-electron chi connectivity index (χ0n) is 6.79. The standard InChI is InChI=1S/C11H10O/c1-8-7-10(11(8)12)9-5-3-2-4-6-9/h2-6,10H,1,7H2. The Morgan fingerprint density at radius 1 is 1.25 bits per heavy atom. The van der Waals surface area contributed by atoms with Crippen LogP contribution in [0.2, 0.25) is 0 Å². The van der Waals surface area contributed by atoms with Crippen molar-refractivity contribution < 1.29 is 4.79 Å². The van der Waals surface area contributed by atoms with Gasteiger partial charge >= 0.3 is 0 Å². The van der Waals surface area contributed by atoms with Crippen LogP contribution >= 0.6 is 0 Å². The molecule has 1 saturated carbocycles. The van der Waals surface area contributed by atoms with E-state index in [1.54, 1.807) is 0 Å². The van der Waals surface area contributed by atoms with Crippen LogP contribution in [0, 0.1) is 0 Å². The van der Waals surface area contributed by atoms with Gasteiger partial charge in [-0.25, -0.2) is 0 Å². The summed E-state index contributed by atoms with van der Waals surface area (Å²) in [6.07, 6.45) is 0.836. The Morgan fingerprint density at radius 3 is 2.42 bits per heavy atom. The van der Waals surface area contributed by atoms with Crippen LogP contribution in [0.3, 0.4) is 0 Å². The summed E-state index contributed by atoms with van der Waals surface area (Å²) >= 11 is 0. The Balaban J connectivity index is 2.24. The molecule has 1 aromatic rings. The van der Waals surface area contributed by atoms with E-state index in [1.807, 2.05) is 30.3 Å². The first-order chi connectivity index (χ1) is 5.79. The molecule has 1 atom stereocenters. The minimum absolute atomic E-state index is 0.0960. The van der Waals surface area contributed by atoms with Crippen LogP contribution in [0.5, 0.6) is 0 Å². The van der Waals surface area contributed by atoms with Crippen LogP contribution in [-0.4, -0.2) is 5.78 Å². The quantitative estimate of drug-likeness (QED) is 0.573. The number of allylic oxidation sites excluding steroid dienone is 1. The third kappa shape index (κ3) is 0.981. The molecule has 0 radical (unpaired) electrons. The van der Waals surface area contributed by atoms with Crippen LogP contribution in [0.1, 0.15) is 17.9 Å². The van der Waals surface area contributed by atoms with Gasteiger partial charge in [0.05, 0.1) is 5.92 Å². The summed E-state index contributed by atoms with van der Waals surface area (Å²) in [5.74, 6) is 0.305. The Morgan fingerprint density at radius 2 is 1.92 bits per heavy atom. The van der Waals surface area contributed by atoms with E-state index >= 15 is 0 Å². The molecular weight excluding hydrogens is 148 g/mol. The van der Waals surface area contributed by atoms with Crippen LogP contribution in [0.15, 0.2) is 42.5 Å². The van der Waals surface area contributed by atoms with Gasteiger partial charge in [-0.2, -0.15) is 0 Å². The van der Waals surface area contributed by atoms with Crippen molar-refractivity contribution in [2.24, 2.45) is 0 Å². The van der Waals surface area contributed by atoms with Crippen LogP contribution in [0.4, 0.5) is 0 Å². The molecule has 0 amide bonds. The van der Waals surface area contributed by atoms with E-state index in [0.29, 0.717) is 0 Å². The van der Waals surface area contributed by atoms with Crippen molar-refractivity contribution >= 4 is 5.78 Å². The molecule has 0 saturated heterocycles. The van der Waals surface area contributed by atoms with Gasteiger partial charge in [0.15, 0.2) is 5.78 Å².